The maximum atomic E-state index is 12.6. The van der Waals surface area contributed by atoms with Gasteiger partial charge in [-0.3, -0.25) is 14.5 Å². The Morgan fingerprint density at radius 2 is 2.03 bits per heavy atom. The second kappa shape index (κ2) is 10.4. The molecule has 3 heterocycles. The number of nitrogens with one attached hydrogen (secondary N) is 1. The van der Waals surface area contributed by atoms with Gasteiger partial charge in [-0.15, -0.1) is 0 Å². The number of amides is 2. The van der Waals surface area contributed by atoms with Crippen LogP contribution < -0.4 is 5.32 Å². The summed E-state index contributed by atoms with van der Waals surface area (Å²) in [6, 6.07) is 3.18. The second-order valence-corrected chi connectivity index (χ2v) is 7.23. The Bertz CT molecular complexity index is 713. The summed E-state index contributed by atoms with van der Waals surface area (Å²) in [4.78, 5) is 40.5. The van der Waals surface area contributed by atoms with Gasteiger partial charge in [-0.1, -0.05) is 0 Å². The molecule has 0 bridgehead atoms. The molecule has 1 atom stereocenters. The fourth-order valence-electron chi connectivity index (χ4n) is 3.54. The third kappa shape index (κ3) is 6.04. The maximum absolute atomic E-state index is 12.6. The van der Waals surface area contributed by atoms with Crippen LogP contribution in [-0.4, -0.2) is 80.1 Å². The topological polar surface area (TPSA) is 101 Å². The van der Waals surface area contributed by atoms with Crippen LogP contribution in [0.25, 0.3) is 0 Å². The molecule has 9 heteroatoms. The maximum Gasteiger partial charge on any atom is 0.374 e. The molecular weight excluding hydrogens is 378 g/mol. The third-order valence-electron chi connectivity index (χ3n) is 5.24. The van der Waals surface area contributed by atoms with Crippen LogP contribution in [0.5, 0.6) is 0 Å². The monoisotopic (exact) mass is 407 g/mol. The highest BCUT2D eigenvalue weighted by Gasteiger charge is 2.30. The highest BCUT2D eigenvalue weighted by atomic mass is 16.5. The summed E-state index contributed by atoms with van der Waals surface area (Å²) in [7, 11) is 0. The van der Waals surface area contributed by atoms with E-state index in [0.717, 1.165) is 32.8 Å². The molecule has 2 amide bonds. The Morgan fingerprint density at radius 1 is 1.24 bits per heavy atom. The van der Waals surface area contributed by atoms with Crippen molar-refractivity contribution in [3.8, 4) is 0 Å². The van der Waals surface area contributed by atoms with Gasteiger partial charge < -0.3 is 24.1 Å². The van der Waals surface area contributed by atoms with Crippen molar-refractivity contribution in [1.82, 2.24) is 15.1 Å². The van der Waals surface area contributed by atoms with Gasteiger partial charge in [0.2, 0.25) is 17.6 Å². The summed E-state index contributed by atoms with van der Waals surface area (Å²) in [5.41, 5.74) is 0. The molecule has 2 aliphatic rings. The molecule has 0 aliphatic carbocycles. The molecule has 9 nitrogen and oxygen atoms in total. The van der Waals surface area contributed by atoms with Gasteiger partial charge in [0.15, 0.2) is 0 Å². The fourth-order valence-corrected chi connectivity index (χ4v) is 3.54. The molecule has 0 unspecified atom stereocenters. The van der Waals surface area contributed by atoms with Crippen molar-refractivity contribution in [2.45, 2.75) is 26.3 Å². The van der Waals surface area contributed by atoms with Gasteiger partial charge >= 0.3 is 5.97 Å². The average Bonchev–Trinajstić information content (AvgIpc) is 3.21. The van der Waals surface area contributed by atoms with E-state index >= 15 is 0 Å². The zero-order chi connectivity index (χ0) is 20.6. The van der Waals surface area contributed by atoms with Crippen molar-refractivity contribution in [3.05, 3.63) is 23.7 Å². The molecule has 0 spiro atoms. The van der Waals surface area contributed by atoms with E-state index in [4.69, 9.17) is 13.9 Å². The molecule has 29 heavy (non-hydrogen) atoms. The molecule has 0 radical (unpaired) electrons. The van der Waals surface area contributed by atoms with Gasteiger partial charge in [0.25, 0.3) is 0 Å². The van der Waals surface area contributed by atoms with Gasteiger partial charge in [0.1, 0.15) is 5.76 Å². The van der Waals surface area contributed by atoms with E-state index in [1.807, 2.05) is 0 Å². The number of hydrogen-bond acceptors (Lipinski definition) is 7. The molecule has 3 rings (SSSR count). The van der Waals surface area contributed by atoms with Gasteiger partial charge in [-0.25, -0.2) is 4.79 Å². The van der Waals surface area contributed by atoms with Crippen LogP contribution in [-0.2, 0) is 25.6 Å². The summed E-state index contributed by atoms with van der Waals surface area (Å²) in [5.74, 6) is -0.162. The summed E-state index contributed by atoms with van der Waals surface area (Å²) in [5, 5.41) is 2.84. The van der Waals surface area contributed by atoms with Crippen molar-refractivity contribution >= 4 is 17.8 Å². The van der Waals surface area contributed by atoms with E-state index < -0.39 is 5.97 Å². The number of carbonyl (C=O) groups excluding carboxylic acids is 3. The largest absolute Gasteiger partial charge is 0.460 e. The van der Waals surface area contributed by atoms with Crippen LogP contribution in [0.1, 0.15) is 36.1 Å². The van der Waals surface area contributed by atoms with Crippen LogP contribution in [0.3, 0.4) is 0 Å². The molecule has 2 aliphatic heterocycles. The first-order valence-corrected chi connectivity index (χ1v) is 10.2. The van der Waals surface area contributed by atoms with Gasteiger partial charge in [0, 0.05) is 39.1 Å². The summed E-state index contributed by atoms with van der Waals surface area (Å²) in [6.45, 7) is 7.25. The number of esters is 1. The molecule has 1 aromatic rings. The van der Waals surface area contributed by atoms with Crippen LogP contribution >= 0.6 is 0 Å². The predicted octanol–water partition coefficient (Wildman–Crippen LogP) is 0.643. The van der Waals surface area contributed by atoms with Crippen LogP contribution in [0.2, 0.25) is 0 Å². The number of morpholine rings is 1. The number of rotatable bonds is 8. The number of hydrogen-bond donors (Lipinski definition) is 1. The molecule has 1 N–H and O–H groups in total. The van der Waals surface area contributed by atoms with Crippen LogP contribution in [0.4, 0.5) is 0 Å². The van der Waals surface area contributed by atoms with Crippen molar-refractivity contribution in [2.75, 3.05) is 52.5 Å². The zero-order valence-electron chi connectivity index (χ0n) is 16.9. The van der Waals surface area contributed by atoms with E-state index in [1.165, 1.54) is 6.07 Å². The summed E-state index contributed by atoms with van der Waals surface area (Å²) < 4.78 is 15.6. The predicted molar refractivity (Wildman–Crippen MR) is 103 cm³/mol. The summed E-state index contributed by atoms with van der Waals surface area (Å²) in [6.07, 6.45) is 0.930. The number of carbonyl (C=O) groups is 3. The fraction of sp³-hybridized carbons (Fsp3) is 0.650. The first kappa shape index (κ1) is 21.3. The standard InChI is InChI=1S/C20H29N3O6/c1-2-28-20(26)17-5-4-16(29-17)13-21-19(25)15-3-6-18(24)23(14-15)8-7-22-9-11-27-12-10-22/h4-5,15H,2-3,6-14H2,1H3,(H,21,25)/t15-/m1/s1. The molecule has 2 saturated heterocycles. The molecular formula is C20H29N3O6. The number of furan rings is 1. The Kier molecular flexibility index (Phi) is 7.65. The lowest BCUT2D eigenvalue weighted by Gasteiger charge is -2.34. The highest BCUT2D eigenvalue weighted by molar-refractivity contribution is 5.86. The molecule has 0 aromatic carbocycles. The van der Waals surface area contributed by atoms with Crippen LogP contribution in [0.15, 0.2) is 16.5 Å². The number of piperidine rings is 1. The first-order chi connectivity index (χ1) is 14.1. The van der Waals surface area contributed by atoms with Gasteiger partial charge in [0.05, 0.1) is 32.3 Å². The minimum Gasteiger partial charge on any atom is -0.460 e. The smallest absolute Gasteiger partial charge is 0.374 e. The Labute approximate surface area is 170 Å². The lowest BCUT2D eigenvalue weighted by atomic mass is 9.96. The average molecular weight is 407 g/mol. The zero-order valence-corrected chi connectivity index (χ0v) is 16.9. The minimum atomic E-state index is -0.522. The van der Waals surface area contributed by atoms with Gasteiger partial charge in [-0.2, -0.15) is 0 Å². The van der Waals surface area contributed by atoms with E-state index in [2.05, 4.69) is 10.2 Å². The molecule has 0 saturated carbocycles. The first-order valence-electron chi connectivity index (χ1n) is 10.2. The Hall–Kier alpha value is -2.39. The van der Waals surface area contributed by atoms with Crippen LogP contribution in [0, 0.1) is 5.92 Å². The normalized spacial score (nSPS) is 20.5. The summed E-state index contributed by atoms with van der Waals surface area (Å²) >= 11 is 0. The lowest BCUT2D eigenvalue weighted by molar-refractivity contribution is -0.138. The molecule has 160 valence electrons. The van der Waals surface area contributed by atoms with E-state index in [9.17, 15) is 14.4 Å². The number of nitrogens with zero attached hydrogens (tertiary/aromatic N) is 2. The van der Waals surface area contributed by atoms with E-state index in [1.54, 1.807) is 17.9 Å². The van der Waals surface area contributed by atoms with E-state index in [-0.39, 0.29) is 36.6 Å². The van der Waals surface area contributed by atoms with Crippen molar-refractivity contribution in [2.24, 2.45) is 5.92 Å². The van der Waals surface area contributed by atoms with Gasteiger partial charge in [-0.05, 0) is 25.5 Å². The van der Waals surface area contributed by atoms with Crippen molar-refractivity contribution in [1.29, 1.82) is 0 Å². The Balaban J connectivity index is 1.45. The highest BCUT2D eigenvalue weighted by Crippen LogP contribution is 2.18. The number of ether oxygens (including phenoxy) is 2. The molecule has 1 aromatic heterocycles. The van der Waals surface area contributed by atoms with Crippen molar-refractivity contribution < 1.29 is 28.3 Å². The van der Waals surface area contributed by atoms with Crippen molar-refractivity contribution in [3.63, 3.8) is 0 Å². The second-order valence-electron chi connectivity index (χ2n) is 7.23. The quantitative estimate of drug-likeness (QED) is 0.631. The third-order valence-corrected chi connectivity index (χ3v) is 5.24. The Morgan fingerprint density at radius 3 is 2.79 bits per heavy atom. The van der Waals surface area contributed by atoms with E-state index in [0.29, 0.717) is 31.7 Å². The SMILES string of the molecule is CCOC(=O)c1ccc(CNC(=O)[C@@H]2CCC(=O)N(CCN3CCOCC3)C2)o1. The molecule has 2 fully saturated rings. The minimum absolute atomic E-state index is 0.104. The number of likely N-dealkylation sites (tertiary alicyclic amines) is 1. The lowest BCUT2D eigenvalue weighted by Crippen LogP contribution is -2.49.